The van der Waals surface area contributed by atoms with Gasteiger partial charge in [-0.05, 0) is 19.1 Å². The van der Waals surface area contributed by atoms with Gasteiger partial charge in [0, 0.05) is 0 Å². The lowest BCUT2D eigenvalue weighted by Gasteiger charge is -2.00. The van der Waals surface area contributed by atoms with Gasteiger partial charge in [0.1, 0.15) is 12.0 Å². The summed E-state index contributed by atoms with van der Waals surface area (Å²) in [6.07, 6.45) is 1.51. The standard InChI is InChI=1S/C9H6Cl2O3/c1-5-4-7(11)8(9(13)14-5)6(10)2-3-12/h2-4H,1H3/b6-2-. The molecule has 0 atom stereocenters. The minimum atomic E-state index is -0.655. The van der Waals surface area contributed by atoms with Crippen LogP contribution >= 0.6 is 23.2 Å². The first-order valence-corrected chi connectivity index (χ1v) is 4.43. The zero-order chi connectivity index (χ0) is 10.7. The van der Waals surface area contributed by atoms with Crippen molar-refractivity contribution in [1.82, 2.24) is 0 Å². The number of aryl methyl sites for hydroxylation is 1. The van der Waals surface area contributed by atoms with E-state index < -0.39 is 5.63 Å². The molecule has 0 N–H and O–H groups in total. The van der Waals surface area contributed by atoms with Crippen LogP contribution in [0.3, 0.4) is 0 Å². The highest BCUT2D eigenvalue weighted by atomic mass is 35.5. The van der Waals surface area contributed by atoms with E-state index in [0.29, 0.717) is 12.0 Å². The lowest BCUT2D eigenvalue weighted by Crippen LogP contribution is -2.06. The molecule has 1 aromatic rings. The molecule has 0 radical (unpaired) electrons. The molecule has 3 nitrogen and oxygen atoms in total. The molecule has 0 fully saturated rings. The summed E-state index contributed by atoms with van der Waals surface area (Å²) < 4.78 is 4.78. The maximum Gasteiger partial charge on any atom is 0.346 e. The molecular formula is C9H6Cl2O3. The fraction of sp³-hybridized carbons (Fsp3) is 0.111. The Labute approximate surface area is 89.9 Å². The molecule has 5 heteroatoms. The monoisotopic (exact) mass is 232 g/mol. The highest BCUT2D eigenvalue weighted by molar-refractivity contribution is 6.51. The van der Waals surface area contributed by atoms with E-state index in [1.807, 2.05) is 0 Å². The largest absolute Gasteiger partial charge is 0.428 e. The number of hydrogen-bond donors (Lipinski definition) is 0. The van der Waals surface area contributed by atoms with E-state index in [1.54, 1.807) is 6.92 Å². The van der Waals surface area contributed by atoms with E-state index in [-0.39, 0.29) is 15.6 Å². The van der Waals surface area contributed by atoms with E-state index in [9.17, 15) is 9.59 Å². The van der Waals surface area contributed by atoms with Gasteiger partial charge in [-0.3, -0.25) is 4.79 Å². The van der Waals surface area contributed by atoms with Gasteiger partial charge in [-0.25, -0.2) is 4.79 Å². The number of aldehydes is 1. The zero-order valence-electron chi connectivity index (χ0n) is 7.21. The smallest absolute Gasteiger partial charge is 0.346 e. The molecule has 0 spiro atoms. The molecule has 0 aliphatic heterocycles. The number of carbonyl (C=O) groups is 1. The maximum atomic E-state index is 11.3. The Balaban J connectivity index is 3.42. The van der Waals surface area contributed by atoms with Crippen molar-refractivity contribution < 1.29 is 9.21 Å². The molecule has 74 valence electrons. The third kappa shape index (κ3) is 2.25. The van der Waals surface area contributed by atoms with E-state index in [0.717, 1.165) is 6.08 Å². The Bertz CT molecular complexity index is 446. The van der Waals surface area contributed by atoms with Crippen LogP contribution in [0.4, 0.5) is 0 Å². The molecule has 0 aliphatic carbocycles. The van der Waals surface area contributed by atoms with Crippen LogP contribution < -0.4 is 5.63 Å². The van der Waals surface area contributed by atoms with Gasteiger partial charge in [-0.1, -0.05) is 23.2 Å². The summed E-state index contributed by atoms with van der Waals surface area (Å²) >= 11 is 11.4. The molecule has 0 aliphatic rings. The molecule has 1 rings (SSSR count). The highest BCUT2D eigenvalue weighted by Gasteiger charge is 2.11. The van der Waals surface area contributed by atoms with Crippen LogP contribution in [-0.2, 0) is 4.79 Å². The zero-order valence-corrected chi connectivity index (χ0v) is 8.72. The summed E-state index contributed by atoms with van der Waals surface area (Å²) in [6, 6.07) is 1.46. The minimum Gasteiger partial charge on any atom is -0.428 e. The summed E-state index contributed by atoms with van der Waals surface area (Å²) in [4.78, 5) is 21.4. The Kier molecular flexibility index (Phi) is 3.49. The van der Waals surface area contributed by atoms with E-state index in [1.165, 1.54) is 6.07 Å². The van der Waals surface area contributed by atoms with Crippen LogP contribution in [0.1, 0.15) is 11.3 Å². The second-order valence-corrected chi connectivity index (χ2v) is 3.33. The predicted molar refractivity (Wildman–Crippen MR) is 54.6 cm³/mol. The highest BCUT2D eigenvalue weighted by Crippen LogP contribution is 2.23. The number of halogens is 2. The Morgan fingerprint density at radius 3 is 2.71 bits per heavy atom. The van der Waals surface area contributed by atoms with Crippen LogP contribution in [0.25, 0.3) is 5.03 Å². The Hall–Kier alpha value is -1.06. The topological polar surface area (TPSA) is 47.3 Å². The van der Waals surface area contributed by atoms with Crippen molar-refractivity contribution in [3.05, 3.63) is 38.9 Å². The van der Waals surface area contributed by atoms with Gasteiger partial charge >= 0.3 is 5.63 Å². The number of rotatable bonds is 2. The van der Waals surface area contributed by atoms with E-state index in [4.69, 9.17) is 27.6 Å². The van der Waals surface area contributed by atoms with Gasteiger partial charge in [0.15, 0.2) is 0 Å². The van der Waals surface area contributed by atoms with Crippen molar-refractivity contribution >= 4 is 34.5 Å². The van der Waals surface area contributed by atoms with Crippen molar-refractivity contribution in [3.63, 3.8) is 0 Å². The van der Waals surface area contributed by atoms with Crippen molar-refractivity contribution in [2.45, 2.75) is 6.92 Å². The molecule has 1 heterocycles. The predicted octanol–water partition coefficient (Wildman–Crippen LogP) is 2.38. The van der Waals surface area contributed by atoms with Crippen LogP contribution in [0.2, 0.25) is 5.02 Å². The van der Waals surface area contributed by atoms with Gasteiger partial charge in [0.25, 0.3) is 0 Å². The van der Waals surface area contributed by atoms with Gasteiger partial charge < -0.3 is 4.42 Å². The van der Waals surface area contributed by atoms with Crippen LogP contribution in [0.15, 0.2) is 21.4 Å². The molecule has 0 saturated heterocycles. The van der Waals surface area contributed by atoms with Crippen molar-refractivity contribution in [2.24, 2.45) is 0 Å². The van der Waals surface area contributed by atoms with E-state index >= 15 is 0 Å². The van der Waals surface area contributed by atoms with Gasteiger partial charge in [-0.2, -0.15) is 0 Å². The average molecular weight is 233 g/mol. The summed E-state index contributed by atoms with van der Waals surface area (Å²) in [5.41, 5.74) is -0.649. The number of allylic oxidation sites excluding steroid dienone is 1. The molecule has 0 bridgehead atoms. The van der Waals surface area contributed by atoms with Gasteiger partial charge in [-0.15, -0.1) is 0 Å². The lowest BCUT2D eigenvalue weighted by atomic mass is 10.2. The van der Waals surface area contributed by atoms with Gasteiger partial charge in [0.05, 0.1) is 15.6 Å². The third-order valence-electron chi connectivity index (χ3n) is 1.48. The SMILES string of the molecule is Cc1cc(Cl)c(/C(Cl)=C/C=O)c(=O)o1. The van der Waals surface area contributed by atoms with Crippen LogP contribution in [0.5, 0.6) is 0 Å². The molecule has 0 saturated carbocycles. The van der Waals surface area contributed by atoms with Crippen molar-refractivity contribution in [1.29, 1.82) is 0 Å². The normalized spacial score (nSPS) is 11.5. The number of carbonyl (C=O) groups excluding carboxylic acids is 1. The molecule has 0 unspecified atom stereocenters. The molecular weight excluding hydrogens is 227 g/mol. The molecule has 0 amide bonds. The summed E-state index contributed by atoms with van der Waals surface area (Å²) in [6.45, 7) is 1.59. The second kappa shape index (κ2) is 4.44. The average Bonchev–Trinajstić information content (AvgIpc) is 2.01. The summed E-state index contributed by atoms with van der Waals surface area (Å²) in [5, 5.41) is 0.139. The summed E-state index contributed by atoms with van der Waals surface area (Å²) in [7, 11) is 0. The van der Waals surface area contributed by atoms with E-state index in [2.05, 4.69) is 0 Å². The minimum absolute atomic E-state index is 0.00559. The third-order valence-corrected chi connectivity index (χ3v) is 2.09. The lowest BCUT2D eigenvalue weighted by molar-refractivity contribution is -0.104. The fourth-order valence-electron chi connectivity index (χ4n) is 0.929. The van der Waals surface area contributed by atoms with Gasteiger partial charge in [0.2, 0.25) is 0 Å². The Morgan fingerprint density at radius 2 is 2.21 bits per heavy atom. The first-order chi connectivity index (χ1) is 6.56. The Morgan fingerprint density at radius 1 is 1.57 bits per heavy atom. The number of hydrogen-bond acceptors (Lipinski definition) is 3. The second-order valence-electron chi connectivity index (χ2n) is 2.52. The maximum absolute atomic E-state index is 11.3. The molecule has 1 aromatic heterocycles. The molecule has 14 heavy (non-hydrogen) atoms. The van der Waals surface area contributed by atoms with Crippen LogP contribution in [0, 0.1) is 6.92 Å². The van der Waals surface area contributed by atoms with Crippen molar-refractivity contribution in [3.8, 4) is 0 Å². The van der Waals surface area contributed by atoms with Crippen molar-refractivity contribution in [2.75, 3.05) is 0 Å². The van der Waals surface area contributed by atoms with Crippen LogP contribution in [-0.4, -0.2) is 6.29 Å². The summed E-state index contributed by atoms with van der Waals surface area (Å²) in [5.74, 6) is 0.388. The first-order valence-electron chi connectivity index (χ1n) is 3.68. The quantitative estimate of drug-likeness (QED) is 0.581. The first kappa shape index (κ1) is 11.0. The fourth-order valence-corrected chi connectivity index (χ4v) is 1.54. The molecule has 0 aromatic carbocycles.